The van der Waals surface area contributed by atoms with E-state index < -0.39 is 12.1 Å². The van der Waals surface area contributed by atoms with E-state index in [0.29, 0.717) is 0 Å². The molecule has 28 heavy (non-hydrogen) atoms. The van der Waals surface area contributed by atoms with Gasteiger partial charge in [0, 0.05) is 30.3 Å². The van der Waals surface area contributed by atoms with E-state index in [-0.39, 0.29) is 18.3 Å². The van der Waals surface area contributed by atoms with Crippen LogP contribution >= 0.6 is 11.8 Å². The van der Waals surface area contributed by atoms with E-state index >= 15 is 0 Å². The number of hydrogen-bond donors (Lipinski definition) is 1. The topological polar surface area (TPSA) is 64.8 Å². The summed E-state index contributed by atoms with van der Waals surface area (Å²) >= 11 is 2.03. The molecule has 2 aliphatic rings. The van der Waals surface area contributed by atoms with Gasteiger partial charge in [-0.3, -0.25) is 4.79 Å². The van der Waals surface area contributed by atoms with E-state index in [1.807, 2.05) is 11.8 Å². The third-order valence-electron chi connectivity index (χ3n) is 5.07. The maximum Gasteiger partial charge on any atom is 0.494 e. The van der Waals surface area contributed by atoms with Crippen molar-refractivity contribution in [2.24, 2.45) is 5.73 Å². The van der Waals surface area contributed by atoms with Gasteiger partial charge in [0.2, 0.25) is 0 Å². The summed E-state index contributed by atoms with van der Waals surface area (Å²) in [5.41, 5.74) is 5.65. The lowest BCUT2D eigenvalue weighted by Gasteiger charge is -2.32. The van der Waals surface area contributed by atoms with Crippen molar-refractivity contribution < 1.29 is 27.3 Å². The van der Waals surface area contributed by atoms with Crippen LogP contribution in [0.15, 0.2) is 24.3 Å². The molecule has 2 fully saturated rings. The minimum absolute atomic E-state index is 0.263. The summed E-state index contributed by atoms with van der Waals surface area (Å²) in [4.78, 5) is 11.6. The van der Waals surface area contributed by atoms with E-state index in [9.17, 15) is 13.2 Å². The van der Waals surface area contributed by atoms with Crippen molar-refractivity contribution in [2.75, 3.05) is 29.5 Å². The zero-order chi connectivity index (χ0) is 21.2. The predicted molar refractivity (Wildman–Crippen MR) is 107 cm³/mol. The van der Waals surface area contributed by atoms with Gasteiger partial charge in [-0.1, -0.05) is 12.1 Å². The molecule has 2 N–H and O–H groups in total. The Bertz CT molecular complexity index is 662. The molecule has 2 heterocycles. The highest BCUT2D eigenvalue weighted by Crippen LogP contribution is 2.36. The van der Waals surface area contributed by atoms with E-state index in [0.717, 1.165) is 18.6 Å². The van der Waals surface area contributed by atoms with Crippen molar-refractivity contribution in [1.82, 2.24) is 0 Å². The van der Waals surface area contributed by atoms with Crippen LogP contribution in [0.3, 0.4) is 0 Å². The standard InChI is InChI=1S/C16H24BNO2S.C2H2F3NO/c1-15(2)16(3,4)20-17(19-15)13-5-7-14(8-6-13)18-9-11-21-12-10-18;3-2(4,5)1(6)7/h5-8H,9-12H2,1-4H3;(H2,6,7). The van der Waals surface area contributed by atoms with Gasteiger partial charge in [-0.05, 0) is 45.3 Å². The predicted octanol–water partition coefficient (Wildman–Crippen LogP) is 2.57. The second kappa shape index (κ2) is 8.55. The molecule has 0 spiro atoms. The Morgan fingerprint density at radius 3 is 1.89 bits per heavy atom. The minimum atomic E-state index is -4.86. The molecule has 0 radical (unpaired) electrons. The molecule has 2 saturated heterocycles. The highest BCUT2D eigenvalue weighted by Gasteiger charge is 2.51. The number of carbonyl (C=O) groups excluding carboxylic acids is 1. The highest BCUT2D eigenvalue weighted by atomic mass is 32.2. The van der Waals surface area contributed by atoms with Crippen molar-refractivity contribution in [3.8, 4) is 0 Å². The average molecular weight is 418 g/mol. The van der Waals surface area contributed by atoms with Crippen LogP contribution in [0.2, 0.25) is 0 Å². The van der Waals surface area contributed by atoms with Gasteiger partial charge in [0.25, 0.3) is 0 Å². The quantitative estimate of drug-likeness (QED) is 0.749. The molecule has 0 saturated carbocycles. The lowest BCUT2D eigenvalue weighted by atomic mass is 9.79. The van der Waals surface area contributed by atoms with Crippen molar-refractivity contribution >= 4 is 35.9 Å². The summed E-state index contributed by atoms with van der Waals surface area (Å²) in [6.07, 6.45) is -4.86. The fourth-order valence-corrected chi connectivity index (χ4v) is 3.55. The number of halogens is 3. The highest BCUT2D eigenvalue weighted by molar-refractivity contribution is 7.99. The number of alkyl halides is 3. The van der Waals surface area contributed by atoms with Crippen molar-refractivity contribution in [2.45, 2.75) is 45.1 Å². The van der Waals surface area contributed by atoms with Crippen LogP contribution in [0.4, 0.5) is 18.9 Å². The Morgan fingerprint density at radius 2 is 1.50 bits per heavy atom. The molecular weight excluding hydrogens is 392 g/mol. The molecule has 0 bridgehead atoms. The first-order valence-corrected chi connectivity index (χ1v) is 10.1. The Kier molecular flexibility index (Phi) is 6.99. The number of anilines is 1. The number of carbonyl (C=O) groups is 1. The molecule has 1 aromatic rings. The first-order valence-electron chi connectivity index (χ1n) is 8.98. The summed E-state index contributed by atoms with van der Waals surface area (Å²) in [6.45, 7) is 10.6. The number of rotatable bonds is 2. The van der Waals surface area contributed by atoms with Crippen LogP contribution in [-0.4, -0.2) is 55.0 Å². The van der Waals surface area contributed by atoms with E-state index in [1.54, 1.807) is 0 Å². The van der Waals surface area contributed by atoms with Crippen molar-refractivity contribution in [3.63, 3.8) is 0 Å². The third kappa shape index (κ3) is 5.58. The summed E-state index contributed by atoms with van der Waals surface area (Å²) in [6, 6.07) is 8.66. The molecule has 0 aliphatic carbocycles. The Balaban J connectivity index is 0.000000345. The van der Waals surface area contributed by atoms with E-state index in [4.69, 9.17) is 14.1 Å². The van der Waals surface area contributed by atoms with Gasteiger partial charge < -0.3 is 19.9 Å². The van der Waals surface area contributed by atoms with Crippen LogP contribution < -0.4 is 16.1 Å². The van der Waals surface area contributed by atoms with Crippen LogP contribution in [0, 0.1) is 0 Å². The third-order valence-corrected chi connectivity index (χ3v) is 6.02. The molecule has 3 rings (SSSR count). The lowest BCUT2D eigenvalue weighted by Crippen LogP contribution is -2.41. The Labute approximate surface area is 168 Å². The maximum absolute atomic E-state index is 10.7. The summed E-state index contributed by atoms with van der Waals surface area (Å²) in [5.74, 6) is 0.185. The molecule has 5 nitrogen and oxygen atoms in total. The molecule has 0 atom stereocenters. The van der Waals surface area contributed by atoms with E-state index in [1.165, 1.54) is 17.2 Å². The summed E-state index contributed by atoms with van der Waals surface area (Å²) < 4.78 is 44.3. The monoisotopic (exact) mass is 418 g/mol. The second-order valence-electron chi connectivity index (χ2n) is 7.64. The first kappa shape index (κ1) is 22.9. The fourth-order valence-electron chi connectivity index (χ4n) is 2.64. The molecule has 2 aliphatic heterocycles. The van der Waals surface area contributed by atoms with E-state index in [2.05, 4.69) is 62.6 Å². The van der Waals surface area contributed by atoms with Gasteiger partial charge >= 0.3 is 19.2 Å². The van der Waals surface area contributed by atoms with Gasteiger partial charge in [-0.25, -0.2) is 0 Å². The molecule has 0 aromatic heterocycles. The molecule has 156 valence electrons. The van der Waals surface area contributed by atoms with Crippen LogP contribution in [0.5, 0.6) is 0 Å². The fraction of sp³-hybridized carbons (Fsp3) is 0.611. The van der Waals surface area contributed by atoms with Crippen LogP contribution in [0.1, 0.15) is 27.7 Å². The SMILES string of the molecule is CC1(C)OB(c2ccc(N3CCSCC3)cc2)OC1(C)C.NC(=O)C(F)(F)F. The zero-order valence-electron chi connectivity index (χ0n) is 16.5. The van der Waals surface area contributed by atoms with Crippen LogP contribution in [-0.2, 0) is 14.1 Å². The normalized spacial score (nSPS) is 21.1. The minimum Gasteiger partial charge on any atom is -0.399 e. The number of nitrogens with two attached hydrogens (primary N) is 1. The van der Waals surface area contributed by atoms with Gasteiger partial charge in [0.15, 0.2) is 0 Å². The zero-order valence-corrected chi connectivity index (χ0v) is 17.3. The number of thioether (sulfide) groups is 1. The molecule has 1 aromatic carbocycles. The van der Waals surface area contributed by atoms with Gasteiger partial charge in [0.1, 0.15) is 0 Å². The number of primary amides is 1. The van der Waals surface area contributed by atoms with Gasteiger partial charge in [-0.2, -0.15) is 24.9 Å². The van der Waals surface area contributed by atoms with Gasteiger partial charge in [0.05, 0.1) is 11.2 Å². The molecule has 10 heteroatoms. The Morgan fingerprint density at radius 1 is 1.07 bits per heavy atom. The molecular formula is C18H26BF3N2O3S. The lowest BCUT2D eigenvalue weighted by molar-refractivity contribution is -0.169. The number of nitrogens with zero attached hydrogens (tertiary/aromatic N) is 1. The number of amides is 1. The smallest absolute Gasteiger partial charge is 0.399 e. The molecule has 1 amide bonds. The largest absolute Gasteiger partial charge is 0.494 e. The van der Waals surface area contributed by atoms with Gasteiger partial charge in [-0.15, -0.1) is 0 Å². The average Bonchev–Trinajstić information content (AvgIpc) is 2.83. The first-order chi connectivity index (χ1) is 12.8. The second-order valence-corrected chi connectivity index (χ2v) is 8.87. The molecule has 0 unspecified atom stereocenters. The van der Waals surface area contributed by atoms with Crippen LogP contribution in [0.25, 0.3) is 0 Å². The summed E-state index contributed by atoms with van der Waals surface area (Å²) in [5, 5.41) is 0. The Hall–Kier alpha value is -1.39. The number of hydrogen-bond acceptors (Lipinski definition) is 5. The maximum atomic E-state index is 10.7. The summed E-state index contributed by atoms with van der Waals surface area (Å²) in [7, 11) is -0.263. The number of benzene rings is 1. The van der Waals surface area contributed by atoms with Crippen molar-refractivity contribution in [1.29, 1.82) is 0 Å². The van der Waals surface area contributed by atoms with Crippen molar-refractivity contribution in [3.05, 3.63) is 24.3 Å².